The first kappa shape index (κ1) is 14.3. The summed E-state index contributed by atoms with van der Waals surface area (Å²) in [5.74, 6) is 0. The summed E-state index contributed by atoms with van der Waals surface area (Å²) >= 11 is 0. The van der Waals surface area contributed by atoms with Crippen LogP contribution in [0.3, 0.4) is 0 Å². The molecule has 0 rings (SSSR count). The molecular formula is C7H19NO4P2. The lowest BCUT2D eigenvalue weighted by Gasteiger charge is -2.20. The molecule has 86 valence electrons. The zero-order valence-corrected chi connectivity index (χ0v) is 11.2. The van der Waals surface area contributed by atoms with Crippen LogP contribution in [0, 0.1) is 0 Å². The third-order valence-corrected chi connectivity index (χ3v) is 7.49. The fourth-order valence-electron chi connectivity index (χ4n) is 0.883. The molecule has 14 heavy (non-hydrogen) atoms. The van der Waals surface area contributed by atoms with E-state index in [-0.39, 0.29) is 0 Å². The van der Waals surface area contributed by atoms with Gasteiger partial charge in [-0.1, -0.05) is 13.8 Å². The largest absolute Gasteiger partial charge is 0.361 e. The van der Waals surface area contributed by atoms with E-state index in [4.69, 9.17) is 13.6 Å². The Bertz CT molecular complexity index is 239. The Hall–Kier alpha value is 0.340. The van der Waals surface area contributed by atoms with E-state index in [1.165, 1.54) is 21.3 Å². The lowest BCUT2D eigenvalue weighted by Crippen LogP contribution is -1.94. The van der Waals surface area contributed by atoms with Gasteiger partial charge in [-0.15, -0.1) is 0 Å². The fourth-order valence-corrected chi connectivity index (χ4v) is 5.26. The van der Waals surface area contributed by atoms with E-state index >= 15 is 0 Å². The molecule has 0 aliphatic heterocycles. The van der Waals surface area contributed by atoms with Gasteiger partial charge in [0.1, 0.15) is 0 Å². The Balaban J connectivity index is 5.17. The van der Waals surface area contributed by atoms with Crippen molar-refractivity contribution in [2.24, 2.45) is 4.52 Å². The number of hydrogen-bond acceptors (Lipinski definition) is 4. The van der Waals surface area contributed by atoms with Crippen LogP contribution >= 0.6 is 15.0 Å². The highest BCUT2D eigenvalue weighted by Crippen LogP contribution is 2.62. The first-order valence-electron chi connectivity index (χ1n) is 4.40. The van der Waals surface area contributed by atoms with Gasteiger partial charge in [0.2, 0.25) is 0 Å². The van der Waals surface area contributed by atoms with Crippen LogP contribution in [-0.2, 0) is 18.1 Å². The highest BCUT2D eigenvalue weighted by Gasteiger charge is 2.26. The molecule has 0 spiro atoms. The van der Waals surface area contributed by atoms with Crippen molar-refractivity contribution in [3.05, 3.63) is 0 Å². The Labute approximate surface area is 85.9 Å². The number of nitrogens with zero attached hydrogens (tertiary/aromatic N) is 1. The number of rotatable bonds is 6. The van der Waals surface area contributed by atoms with E-state index in [9.17, 15) is 4.57 Å². The number of hydrogen-bond donors (Lipinski definition) is 0. The van der Waals surface area contributed by atoms with E-state index in [1.807, 2.05) is 13.8 Å². The molecule has 0 amide bonds. The van der Waals surface area contributed by atoms with Gasteiger partial charge in [0.25, 0.3) is 0 Å². The molecule has 0 bridgehead atoms. The average Bonchev–Trinajstić information content (AvgIpc) is 2.26. The van der Waals surface area contributed by atoms with Crippen molar-refractivity contribution in [1.29, 1.82) is 0 Å². The predicted molar refractivity (Wildman–Crippen MR) is 59.1 cm³/mol. The first-order chi connectivity index (χ1) is 6.51. The van der Waals surface area contributed by atoms with Crippen LogP contribution in [0.25, 0.3) is 0 Å². The molecular weight excluding hydrogens is 224 g/mol. The Morgan fingerprint density at radius 1 is 1.00 bits per heavy atom. The fraction of sp³-hybridized carbons (Fsp3) is 1.00. The van der Waals surface area contributed by atoms with Crippen LogP contribution in [0.5, 0.6) is 0 Å². The zero-order valence-electron chi connectivity index (χ0n) is 9.39. The van der Waals surface area contributed by atoms with Crippen LogP contribution < -0.4 is 0 Å². The maximum atomic E-state index is 12.1. The molecule has 0 N–H and O–H groups in total. The molecule has 0 atom stereocenters. The molecule has 0 saturated heterocycles. The van der Waals surface area contributed by atoms with Gasteiger partial charge in [0.05, 0.1) is 0 Å². The minimum atomic E-state index is -2.73. The summed E-state index contributed by atoms with van der Waals surface area (Å²) in [6.07, 6.45) is 1.00. The summed E-state index contributed by atoms with van der Waals surface area (Å²) in [7, 11) is -0.951. The molecule has 0 fully saturated rings. The molecule has 5 nitrogen and oxygen atoms in total. The highest BCUT2D eigenvalue weighted by atomic mass is 31.2. The standard InChI is InChI=1S/C7H19NO4P2/c1-6-13(9,7-2)8-14(10-3,11-4)12-5/h6-7H2,1-5H3. The van der Waals surface area contributed by atoms with E-state index in [2.05, 4.69) is 4.52 Å². The second-order valence-electron chi connectivity index (χ2n) is 2.58. The van der Waals surface area contributed by atoms with Gasteiger partial charge in [-0.05, 0) is 0 Å². The Morgan fingerprint density at radius 2 is 1.36 bits per heavy atom. The normalized spacial score (nSPS) is 12.9. The molecule has 0 aromatic heterocycles. The van der Waals surface area contributed by atoms with Gasteiger partial charge < -0.3 is 13.6 Å². The van der Waals surface area contributed by atoms with Crippen molar-refractivity contribution in [1.82, 2.24) is 0 Å². The van der Waals surface area contributed by atoms with Gasteiger partial charge in [0, 0.05) is 33.7 Å². The van der Waals surface area contributed by atoms with Crippen molar-refractivity contribution >= 4 is 15.0 Å². The quantitative estimate of drug-likeness (QED) is 0.672. The van der Waals surface area contributed by atoms with Crippen molar-refractivity contribution in [3.63, 3.8) is 0 Å². The first-order valence-corrected chi connectivity index (χ1v) is 7.93. The highest BCUT2D eigenvalue weighted by molar-refractivity contribution is 7.69. The second-order valence-corrected chi connectivity index (χ2v) is 8.29. The minimum Gasteiger partial charge on any atom is -0.306 e. The third-order valence-electron chi connectivity index (χ3n) is 1.95. The van der Waals surface area contributed by atoms with Crippen LogP contribution in [0.4, 0.5) is 0 Å². The molecule has 7 heteroatoms. The van der Waals surface area contributed by atoms with E-state index in [1.54, 1.807) is 0 Å². The minimum absolute atomic E-state index is 0.501. The van der Waals surface area contributed by atoms with Crippen molar-refractivity contribution in [3.8, 4) is 0 Å². The van der Waals surface area contributed by atoms with E-state index < -0.39 is 15.0 Å². The molecule has 0 aromatic carbocycles. The second kappa shape index (κ2) is 6.04. The van der Waals surface area contributed by atoms with Crippen LogP contribution in [0.15, 0.2) is 4.52 Å². The summed E-state index contributed by atoms with van der Waals surface area (Å²) in [5, 5.41) is 0. The Kier molecular flexibility index (Phi) is 6.19. The van der Waals surface area contributed by atoms with Crippen LogP contribution in [-0.4, -0.2) is 33.7 Å². The predicted octanol–water partition coefficient (Wildman–Crippen LogP) is 3.19. The molecule has 0 heterocycles. The van der Waals surface area contributed by atoms with Crippen molar-refractivity contribution < 1.29 is 18.1 Å². The van der Waals surface area contributed by atoms with Crippen LogP contribution in [0.1, 0.15) is 13.8 Å². The molecule has 0 aliphatic carbocycles. The maximum absolute atomic E-state index is 12.1. The van der Waals surface area contributed by atoms with E-state index in [0.29, 0.717) is 12.3 Å². The topological polar surface area (TPSA) is 57.1 Å². The SMILES string of the molecule is CCP(=O)(CC)N=P(OC)(OC)OC. The molecule has 0 aromatic rings. The summed E-state index contributed by atoms with van der Waals surface area (Å²) in [6.45, 7) is 3.67. The summed E-state index contributed by atoms with van der Waals surface area (Å²) in [6, 6.07) is 0. The van der Waals surface area contributed by atoms with Gasteiger partial charge in [-0.2, -0.15) is 4.52 Å². The molecule has 0 saturated carbocycles. The summed E-state index contributed by atoms with van der Waals surface area (Å²) in [5.41, 5.74) is 0. The lowest BCUT2D eigenvalue weighted by atomic mass is 11.0. The molecule has 0 radical (unpaired) electrons. The van der Waals surface area contributed by atoms with Gasteiger partial charge in [0.15, 0.2) is 7.29 Å². The van der Waals surface area contributed by atoms with Crippen molar-refractivity contribution in [2.45, 2.75) is 13.8 Å². The smallest absolute Gasteiger partial charge is 0.306 e. The third kappa shape index (κ3) is 3.48. The Morgan fingerprint density at radius 3 is 1.57 bits per heavy atom. The van der Waals surface area contributed by atoms with E-state index in [0.717, 1.165) is 0 Å². The lowest BCUT2D eigenvalue weighted by molar-refractivity contribution is 0.225. The van der Waals surface area contributed by atoms with Crippen LogP contribution in [0.2, 0.25) is 0 Å². The summed E-state index contributed by atoms with van der Waals surface area (Å²) in [4.78, 5) is 0. The van der Waals surface area contributed by atoms with Gasteiger partial charge in [-0.25, -0.2) is 0 Å². The van der Waals surface area contributed by atoms with Gasteiger partial charge >= 0.3 is 7.74 Å². The average molecular weight is 243 g/mol. The summed E-state index contributed by atoms with van der Waals surface area (Å²) < 4.78 is 31.4. The molecule has 0 unspecified atom stereocenters. The molecule has 0 aliphatic rings. The monoisotopic (exact) mass is 243 g/mol. The van der Waals surface area contributed by atoms with Gasteiger partial charge in [-0.3, -0.25) is 4.57 Å². The maximum Gasteiger partial charge on any atom is 0.361 e. The zero-order chi connectivity index (χ0) is 11.2. The van der Waals surface area contributed by atoms with Crippen molar-refractivity contribution in [2.75, 3.05) is 33.7 Å².